The van der Waals surface area contributed by atoms with Crippen LogP contribution < -0.4 is 0 Å². The van der Waals surface area contributed by atoms with Crippen molar-refractivity contribution < 1.29 is 30.0 Å². The summed E-state index contributed by atoms with van der Waals surface area (Å²) in [6, 6.07) is 17.0. The van der Waals surface area contributed by atoms with Gasteiger partial charge in [-0.15, -0.1) is 46.2 Å². The van der Waals surface area contributed by atoms with Gasteiger partial charge in [-0.05, 0) is 72.9 Å². The van der Waals surface area contributed by atoms with Gasteiger partial charge in [0.25, 0.3) is 0 Å². The number of aryl methyl sites for hydroxylation is 4. The van der Waals surface area contributed by atoms with E-state index in [9.17, 15) is 4.79 Å². The summed E-state index contributed by atoms with van der Waals surface area (Å²) in [6.45, 7) is 18.4. The Kier molecular flexibility index (Phi) is 10.2. The molecule has 0 saturated carbocycles. The predicted molar refractivity (Wildman–Crippen MR) is 154 cm³/mol. The smallest absolute Gasteiger partial charge is 0.155 e. The Morgan fingerprint density at radius 3 is 2.11 bits per heavy atom. The second-order valence-electron chi connectivity index (χ2n) is 10.6. The minimum Gasteiger partial charge on any atom is -0.512 e. The Bertz CT molecular complexity index is 1410. The third-order valence-corrected chi connectivity index (χ3v) is 7.07. The van der Waals surface area contributed by atoms with E-state index in [1.165, 1.54) is 62.7 Å². The molecule has 0 unspecified atom stereocenters. The zero-order valence-corrected chi connectivity index (χ0v) is 26.4. The quantitative estimate of drug-likeness (QED) is 0.133. The summed E-state index contributed by atoms with van der Waals surface area (Å²) in [6.07, 6.45) is 3.09. The molecule has 0 bridgehead atoms. The van der Waals surface area contributed by atoms with Gasteiger partial charge < -0.3 is 10.1 Å². The fourth-order valence-corrected chi connectivity index (χ4v) is 5.72. The normalized spacial score (nSPS) is 11.5. The number of carbonyl (C=O) groups is 1. The molecule has 3 nitrogen and oxygen atoms in total. The summed E-state index contributed by atoms with van der Waals surface area (Å²) in [5.41, 5.74) is 10.1. The molecular formula is C32H36IrNO2S-. The fraction of sp³-hybridized carbons (Fsp3) is 0.312. The number of benzene rings is 2. The van der Waals surface area contributed by atoms with Crippen molar-refractivity contribution in [2.75, 3.05) is 0 Å². The molecule has 0 aliphatic rings. The molecule has 5 heteroatoms. The first kappa shape index (κ1) is 30.6. The Hall–Kier alpha value is -2.59. The molecule has 4 rings (SSSR count). The molecule has 0 spiro atoms. The van der Waals surface area contributed by atoms with Crippen LogP contribution in [0.2, 0.25) is 0 Å². The van der Waals surface area contributed by atoms with Crippen molar-refractivity contribution in [3.63, 3.8) is 0 Å². The van der Waals surface area contributed by atoms with E-state index in [-0.39, 0.29) is 37.1 Å². The van der Waals surface area contributed by atoms with Crippen LogP contribution in [0, 0.1) is 33.8 Å². The average Bonchev–Trinajstić information content (AvgIpc) is 3.15. The molecule has 0 fully saturated rings. The standard InChI is InChI=1S/C27H28NS.C5H8O2.Ir/c1-16-10-17(2)12-21(11-16)25-26-20(8-9-28-25)15-23(29-26)24-18(3)13-22(14-19(24)4)27(5,6)7;1-4(6)3-5(2)7;/h8-11,13-15H,1-7H3;3,6H,1-2H3;/q-1;;/b;4-3-;. The van der Waals surface area contributed by atoms with Crippen molar-refractivity contribution in [3.8, 4) is 21.7 Å². The zero-order valence-electron chi connectivity index (χ0n) is 23.2. The molecule has 1 N–H and O–H groups in total. The summed E-state index contributed by atoms with van der Waals surface area (Å²) < 4.78 is 1.24. The SMILES string of the molecule is CC(=O)/C=C(/C)O.Cc1[c-]c(-c2nccc3cc(-c4c(C)cc(C(C)(C)C)cc4C)sc23)cc(C)c1.[Ir]. The topological polar surface area (TPSA) is 50.2 Å². The van der Waals surface area contributed by atoms with E-state index in [1.807, 2.05) is 17.5 Å². The number of fused-ring (bicyclic) bond motifs is 1. The summed E-state index contributed by atoms with van der Waals surface area (Å²) in [5, 5.41) is 9.61. The van der Waals surface area contributed by atoms with Crippen molar-refractivity contribution in [1.82, 2.24) is 4.98 Å². The molecule has 4 aromatic rings. The summed E-state index contributed by atoms with van der Waals surface area (Å²) in [5.74, 6) is -0.0625. The maximum atomic E-state index is 10.0. The number of aliphatic hydroxyl groups excluding tert-OH is 1. The van der Waals surface area contributed by atoms with Gasteiger partial charge >= 0.3 is 0 Å². The van der Waals surface area contributed by atoms with Gasteiger partial charge in [0.05, 0.1) is 5.76 Å². The number of allylic oxidation sites excluding steroid dienone is 2. The zero-order chi connectivity index (χ0) is 26.8. The number of rotatable bonds is 3. The van der Waals surface area contributed by atoms with Gasteiger partial charge in [-0.25, -0.2) is 0 Å². The summed E-state index contributed by atoms with van der Waals surface area (Å²) in [7, 11) is 0. The second kappa shape index (κ2) is 12.3. The molecule has 0 amide bonds. The Labute approximate surface area is 239 Å². The van der Waals surface area contributed by atoms with E-state index >= 15 is 0 Å². The first-order valence-electron chi connectivity index (χ1n) is 12.2. The number of thiophene rings is 1. The van der Waals surface area contributed by atoms with Crippen molar-refractivity contribution >= 4 is 27.2 Å². The molecule has 37 heavy (non-hydrogen) atoms. The molecule has 2 heterocycles. The third-order valence-electron chi connectivity index (χ3n) is 5.89. The first-order valence-corrected chi connectivity index (χ1v) is 13.0. The van der Waals surface area contributed by atoms with Crippen molar-refractivity contribution in [2.45, 2.75) is 67.7 Å². The van der Waals surface area contributed by atoms with Crippen LogP contribution in [0.4, 0.5) is 0 Å². The largest absolute Gasteiger partial charge is 0.512 e. The molecule has 2 aromatic carbocycles. The van der Waals surface area contributed by atoms with Gasteiger partial charge in [-0.3, -0.25) is 4.79 Å². The number of carbonyl (C=O) groups excluding carboxylic acids is 1. The Morgan fingerprint density at radius 1 is 1.00 bits per heavy atom. The fourth-order valence-electron chi connectivity index (χ4n) is 4.38. The molecular weight excluding hydrogens is 655 g/mol. The van der Waals surface area contributed by atoms with E-state index in [2.05, 4.69) is 90.9 Å². The number of pyridine rings is 1. The minimum atomic E-state index is -0.125. The Morgan fingerprint density at radius 2 is 1.62 bits per heavy atom. The molecule has 0 saturated heterocycles. The molecule has 0 aliphatic heterocycles. The monoisotopic (exact) mass is 691 g/mol. The van der Waals surface area contributed by atoms with E-state index in [1.54, 1.807) is 0 Å². The number of aromatic nitrogens is 1. The number of nitrogens with zero attached hydrogens (tertiary/aromatic N) is 1. The van der Waals surface area contributed by atoms with Crippen molar-refractivity contribution in [2.24, 2.45) is 0 Å². The first-order chi connectivity index (χ1) is 16.8. The third kappa shape index (κ3) is 7.70. The maximum Gasteiger partial charge on any atom is 0.155 e. The van der Waals surface area contributed by atoms with Crippen molar-refractivity contribution in [3.05, 3.63) is 88.3 Å². The predicted octanol–water partition coefficient (Wildman–Crippen LogP) is 9.00. The minimum absolute atomic E-state index is 0. The van der Waals surface area contributed by atoms with Crippen LogP contribution in [0.25, 0.3) is 31.8 Å². The molecule has 2 aromatic heterocycles. The van der Waals surface area contributed by atoms with Gasteiger partial charge in [0.1, 0.15) is 0 Å². The van der Waals surface area contributed by atoms with E-state index in [0.29, 0.717) is 0 Å². The molecule has 0 atom stereocenters. The van der Waals surface area contributed by atoms with Gasteiger partial charge in [0.2, 0.25) is 0 Å². The number of hydrogen-bond donors (Lipinski definition) is 1. The summed E-state index contributed by atoms with van der Waals surface area (Å²) >= 11 is 1.84. The van der Waals surface area contributed by atoms with E-state index in [0.717, 1.165) is 16.8 Å². The van der Waals surface area contributed by atoms with Crippen LogP contribution in [0.3, 0.4) is 0 Å². The number of hydrogen-bond acceptors (Lipinski definition) is 4. The van der Waals surface area contributed by atoms with E-state index in [4.69, 9.17) is 10.1 Å². The molecule has 197 valence electrons. The van der Waals surface area contributed by atoms with Gasteiger partial charge in [0.15, 0.2) is 5.78 Å². The Balaban J connectivity index is 0.000000532. The number of ketones is 1. The van der Waals surface area contributed by atoms with Crippen LogP contribution in [0.1, 0.15) is 62.4 Å². The second-order valence-corrected chi connectivity index (χ2v) is 11.6. The molecule has 0 aliphatic carbocycles. The average molecular weight is 691 g/mol. The van der Waals surface area contributed by atoms with E-state index < -0.39 is 0 Å². The van der Waals surface area contributed by atoms with Crippen molar-refractivity contribution in [1.29, 1.82) is 0 Å². The molecule has 1 radical (unpaired) electrons. The van der Waals surface area contributed by atoms with Crippen LogP contribution >= 0.6 is 11.3 Å². The van der Waals surface area contributed by atoms with Crippen LogP contribution in [-0.2, 0) is 30.3 Å². The number of aliphatic hydroxyl groups is 1. The van der Waals surface area contributed by atoms with Crippen LogP contribution in [0.5, 0.6) is 0 Å². The maximum absolute atomic E-state index is 10.0. The van der Waals surface area contributed by atoms with Crippen LogP contribution in [0.15, 0.2) is 54.4 Å². The van der Waals surface area contributed by atoms with Gasteiger partial charge in [-0.1, -0.05) is 46.8 Å². The van der Waals surface area contributed by atoms with Gasteiger partial charge in [-0.2, -0.15) is 0 Å². The summed E-state index contributed by atoms with van der Waals surface area (Å²) in [4.78, 5) is 16.1. The van der Waals surface area contributed by atoms with Crippen LogP contribution in [-0.4, -0.2) is 15.9 Å². The van der Waals surface area contributed by atoms with Gasteiger partial charge in [0, 0.05) is 47.6 Å².